The highest BCUT2D eigenvalue weighted by Gasteiger charge is 2.26. The zero-order valence-electron chi connectivity index (χ0n) is 20.5. The molecule has 2 aliphatic rings. The SMILES string of the molecule is O=C(NC[C@H]1CC[C@H](C(=O)O)CC1)c1cc(Cl)cc2ccn(Cc3ccc(N4CCCCC4)cn3)c12. The zero-order valence-corrected chi connectivity index (χ0v) is 21.2. The number of halogens is 1. The second kappa shape index (κ2) is 10.9. The molecule has 0 spiro atoms. The molecule has 0 radical (unpaired) electrons. The van der Waals surface area contributed by atoms with Crippen LogP contribution in [0.1, 0.15) is 61.0 Å². The monoisotopic (exact) mass is 508 g/mol. The molecule has 3 aromatic rings. The Labute approximate surface area is 216 Å². The summed E-state index contributed by atoms with van der Waals surface area (Å²) in [6.07, 6.45) is 10.7. The van der Waals surface area contributed by atoms with Crippen LogP contribution in [0, 0.1) is 11.8 Å². The molecule has 1 saturated carbocycles. The molecule has 190 valence electrons. The van der Waals surface area contributed by atoms with Gasteiger partial charge in [0.05, 0.1) is 41.1 Å². The summed E-state index contributed by atoms with van der Waals surface area (Å²) in [6.45, 7) is 3.28. The molecular weight excluding hydrogens is 476 g/mol. The van der Waals surface area contributed by atoms with Crippen molar-refractivity contribution in [1.29, 1.82) is 0 Å². The number of rotatable bonds is 7. The normalized spacial score (nSPS) is 20.4. The number of benzene rings is 1. The fourth-order valence-corrected chi connectivity index (χ4v) is 5.81. The number of amides is 1. The number of piperidine rings is 1. The minimum Gasteiger partial charge on any atom is -0.481 e. The van der Waals surface area contributed by atoms with Gasteiger partial charge in [0.1, 0.15) is 0 Å². The molecule has 1 aliphatic carbocycles. The third-order valence-electron chi connectivity index (χ3n) is 7.68. The molecule has 1 saturated heterocycles. The first kappa shape index (κ1) is 24.6. The summed E-state index contributed by atoms with van der Waals surface area (Å²) in [7, 11) is 0. The molecule has 1 aromatic carbocycles. The van der Waals surface area contributed by atoms with Gasteiger partial charge in [-0.3, -0.25) is 14.6 Å². The van der Waals surface area contributed by atoms with E-state index in [-0.39, 0.29) is 11.8 Å². The van der Waals surface area contributed by atoms with Gasteiger partial charge >= 0.3 is 5.97 Å². The van der Waals surface area contributed by atoms with Crippen LogP contribution in [-0.4, -0.2) is 46.2 Å². The van der Waals surface area contributed by atoms with Crippen LogP contribution in [-0.2, 0) is 11.3 Å². The smallest absolute Gasteiger partial charge is 0.306 e. The zero-order chi connectivity index (χ0) is 25.1. The number of fused-ring (bicyclic) bond motifs is 1. The van der Waals surface area contributed by atoms with Gasteiger partial charge in [-0.15, -0.1) is 0 Å². The topological polar surface area (TPSA) is 87.5 Å². The Hall–Kier alpha value is -3.06. The standard InChI is InChI=1S/C28H33ClN4O3/c29-22-14-21-10-13-33(18-23-8-9-24(17-30-23)32-11-2-1-3-12-32)26(21)25(15-22)27(34)31-16-19-4-6-20(7-5-19)28(35)36/h8-10,13-15,17,19-20H,1-7,11-12,16,18H2,(H,31,34)(H,35,36)/t19-,20-. The largest absolute Gasteiger partial charge is 0.481 e. The number of aliphatic carboxylic acids is 1. The highest BCUT2D eigenvalue weighted by atomic mass is 35.5. The van der Waals surface area contributed by atoms with Crippen molar-refractivity contribution in [3.05, 3.63) is 59.0 Å². The molecule has 5 rings (SSSR count). The number of nitrogens with one attached hydrogen (secondary N) is 1. The van der Waals surface area contributed by atoms with Crippen molar-refractivity contribution >= 4 is 40.1 Å². The third-order valence-corrected chi connectivity index (χ3v) is 7.90. The number of pyridine rings is 1. The van der Waals surface area contributed by atoms with E-state index in [1.165, 1.54) is 24.9 Å². The van der Waals surface area contributed by atoms with Crippen molar-refractivity contribution in [2.45, 2.75) is 51.5 Å². The van der Waals surface area contributed by atoms with Crippen molar-refractivity contribution < 1.29 is 14.7 Å². The highest BCUT2D eigenvalue weighted by molar-refractivity contribution is 6.32. The van der Waals surface area contributed by atoms with Crippen LogP contribution in [0.25, 0.3) is 10.9 Å². The van der Waals surface area contributed by atoms with Crippen molar-refractivity contribution in [2.75, 3.05) is 24.5 Å². The Morgan fingerprint density at radius 3 is 2.53 bits per heavy atom. The van der Waals surface area contributed by atoms with Crippen LogP contribution in [0.2, 0.25) is 5.02 Å². The number of aromatic nitrogens is 2. The maximum atomic E-state index is 13.3. The fourth-order valence-electron chi connectivity index (χ4n) is 5.59. The van der Waals surface area contributed by atoms with E-state index < -0.39 is 5.97 Å². The van der Waals surface area contributed by atoms with Gasteiger partial charge in [-0.25, -0.2) is 0 Å². The second-order valence-corrected chi connectivity index (χ2v) is 10.6. The number of carboxylic acids is 1. The molecule has 8 heteroatoms. The maximum Gasteiger partial charge on any atom is 0.306 e. The molecule has 2 fully saturated rings. The number of hydrogen-bond donors (Lipinski definition) is 2. The predicted molar refractivity (Wildman–Crippen MR) is 142 cm³/mol. The summed E-state index contributed by atoms with van der Waals surface area (Å²) < 4.78 is 2.06. The van der Waals surface area contributed by atoms with E-state index in [0.717, 1.165) is 42.5 Å². The van der Waals surface area contributed by atoms with E-state index in [2.05, 4.69) is 26.9 Å². The summed E-state index contributed by atoms with van der Waals surface area (Å²) in [5.41, 5.74) is 3.49. The lowest BCUT2D eigenvalue weighted by Crippen LogP contribution is -2.32. The Balaban J connectivity index is 1.29. The van der Waals surface area contributed by atoms with Crippen molar-refractivity contribution in [3.8, 4) is 0 Å². The number of hydrogen-bond acceptors (Lipinski definition) is 4. The molecule has 0 atom stereocenters. The summed E-state index contributed by atoms with van der Waals surface area (Å²) in [5.74, 6) is -0.824. The molecule has 3 heterocycles. The lowest BCUT2D eigenvalue weighted by molar-refractivity contribution is -0.143. The van der Waals surface area contributed by atoms with Crippen LogP contribution in [0.3, 0.4) is 0 Å². The van der Waals surface area contributed by atoms with E-state index >= 15 is 0 Å². The van der Waals surface area contributed by atoms with Crippen molar-refractivity contribution in [3.63, 3.8) is 0 Å². The summed E-state index contributed by atoms with van der Waals surface area (Å²) in [5, 5.41) is 13.7. The van der Waals surface area contributed by atoms with Gasteiger partial charge in [0.15, 0.2) is 0 Å². The predicted octanol–water partition coefficient (Wildman–Crippen LogP) is 5.35. The molecule has 1 amide bonds. The van der Waals surface area contributed by atoms with Gasteiger partial charge in [0, 0.05) is 36.2 Å². The lowest BCUT2D eigenvalue weighted by Gasteiger charge is -2.28. The Morgan fingerprint density at radius 1 is 1.06 bits per heavy atom. The van der Waals surface area contributed by atoms with Gasteiger partial charge < -0.3 is 19.9 Å². The Bertz CT molecular complexity index is 1230. The molecule has 36 heavy (non-hydrogen) atoms. The molecule has 1 aliphatic heterocycles. The van der Waals surface area contributed by atoms with Crippen LogP contribution >= 0.6 is 11.6 Å². The number of nitrogens with zero attached hydrogens (tertiary/aromatic N) is 3. The van der Waals surface area contributed by atoms with Crippen molar-refractivity contribution in [1.82, 2.24) is 14.9 Å². The first-order valence-electron chi connectivity index (χ1n) is 13.0. The maximum absolute atomic E-state index is 13.3. The van der Waals surface area contributed by atoms with Gasteiger partial charge in [-0.2, -0.15) is 0 Å². The van der Waals surface area contributed by atoms with E-state index in [4.69, 9.17) is 16.6 Å². The van der Waals surface area contributed by atoms with Gasteiger partial charge in [0.2, 0.25) is 0 Å². The highest BCUT2D eigenvalue weighted by Crippen LogP contribution is 2.30. The molecule has 2 N–H and O–H groups in total. The Morgan fingerprint density at radius 2 is 1.83 bits per heavy atom. The van der Waals surface area contributed by atoms with Gasteiger partial charge in [-0.05, 0) is 81.2 Å². The number of carbonyl (C=O) groups excluding carboxylic acids is 1. The molecule has 0 unspecified atom stereocenters. The molecule has 0 bridgehead atoms. The van der Waals surface area contributed by atoms with Crippen molar-refractivity contribution in [2.24, 2.45) is 11.8 Å². The average Bonchev–Trinajstić information content (AvgIpc) is 3.30. The average molecular weight is 509 g/mol. The third kappa shape index (κ3) is 5.51. The van der Waals surface area contributed by atoms with Crippen LogP contribution < -0.4 is 10.2 Å². The van der Waals surface area contributed by atoms with Gasteiger partial charge in [-0.1, -0.05) is 11.6 Å². The summed E-state index contributed by atoms with van der Waals surface area (Å²) in [4.78, 5) is 31.6. The second-order valence-electron chi connectivity index (χ2n) is 10.2. The number of carbonyl (C=O) groups is 2. The van der Waals surface area contributed by atoms with E-state index in [9.17, 15) is 14.7 Å². The quantitative estimate of drug-likeness (QED) is 0.449. The van der Waals surface area contributed by atoms with E-state index in [1.54, 1.807) is 6.07 Å². The van der Waals surface area contributed by atoms with Gasteiger partial charge in [0.25, 0.3) is 5.91 Å². The van der Waals surface area contributed by atoms with Crippen LogP contribution in [0.5, 0.6) is 0 Å². The van der Waals surface area contributed by atoms with E-state index in [1.807, 2.05) is 24.5 Å². The minimum atomic E-state index is -0.713. The van der Waals surface area contributed by atoms with Crippen LogP contribution in [0.4, 0.5) is 5.69 Å². The first-order chi connectivity index (χ1) is 17.5. The molecular formula is C28H33ClN4O3. The molecule has 2 aromatic heterocycles. The minimum absolute atomic E-state index is 0.156. The fraction of sp³-hybridized carbons (Fsp3) is 0.464. The van der Waals surface area contributed by atoms with Crippen LogP contribution in [0.15, 0.2) is 42.7 Å². The number of anilines is 1. The summed E-state index contributed by atoms with van der Waals surface area (Å²) >= 11 is 6.36. The first-order valence-corrected chi connectivity index (χ1v) is 13.3. The lowest BCUT2D eigenvalue weighted by atomic mass is 9.82. The number of carboxylic acid groups (broad SMARTS) is 1. The Kier molecular flexibility index (Phi) is 7.46. The summed E-state index contributed by atoms with van der Waals surface area (Å²) in [6, 6.07) is 9.79. The molecule has 7 nitrogen and oxygen atoms in total. The van der Waals surface area contributed by atoms with E-state index in [0.29, 0.717) is 42.4 Å².